The highest BCUT2D eigenvalue weighted by atomic mass is 32.2. The summed E-state index contributed by atoms with van der Waals surface area (Å²) in [6, 6.07) is 11.6. The van der Waals surface area contributed by atoms with E-state index in [0.717, 1.165) is 48.6 Å². The lowest BCUT2D eigenvalue weighted by Gasteiger charge is -2.19. The molecule has 3 atom stereocenters. The third-order valence-corrected chi connectivity index (χ3v) is 7.85. The summed E-state index contributed by atoms with van der Waals surface area (Å²) in [5.41, 5.74) is 2.57. The number of aromatic nitrogens is 2. The molecule has 2 heterocycles. The number of ether oxygens (including phenoxy) is 1. The second-order valence-electron chi connectivity index (χ2n) is 8.89. The van der Waals surface area contributed by atoms with Gasteiger partial charge in [-0.1, -0.05) is 25.1 Å². The van der Waals surface area contributed by atoms with E-state index in [1.807, 2.05) is 36.7 Å². The molecule has 0 spiro atoms. The van der Waals surface area contributed by atoms with Crippen LogP contribution in [-0.4, -0.2) is 44.3 Å². The maximum Gasteiger partial charge on any atom is 0.225 e. The molecular weight excluding hydrogens is 441 g/mol. The molecule has 6 nitrogen and oxygen atoms in total. The fourth-order valence-electron chi connectivity index (χ4n) is 4.67. The van der Waals surface area contributed by atoms with Crippen molar-refractivity contribution in [2.24, 2.45) is 17.8 Å². The van der Waals surface area contributed by atoms with Gasteiger partial charge in [0.2, 0.25) is 5.95 Å². The molecule has 8 heteroatoms. The Morgan fingerprint density at radius 1 is 1.03 bits per heavy atom. The molecule has 1 unspecified atom stereocenters. The molecule has 1 saturated heterocycles. The maximum atomic E-state index is 14.2. The first-order chi connectivity index (χ1) is 15.8. The molecule has 0 radical (unpaired) electrons. The standard InChI is InChI=1S/C25H26FN3O3S/c1-3-16-11-27-25(28-12-16)29-13-20-21(14-29)22(20)15-32-19-7-4-17(5-8-19)18-6-9-24(23(26)10-18)33(2,30)31/h4-12,20-22H,3,13-15H2,1-2H3/t20-,21+,22?. The zero-order valence-electron chi connectivity index (χ0n) is 18.6. The minimum Gasteiger partial charge on any atom is -0.493 e. The van der Waals surface area contributed by atoms with Crippen molar-refractivity contribution in [3.8, 4) is 16.9 Å². The second-order valence-corrected chi connectivity index (χ2v) is 10.9. The number of halogens is 1. The van der Waals surface area contributed by atoms with E-state index in [9.17, 15) is 12.8 Å². The molecule has 0 N–H and O–H groups in total. The summed E-state index contributed by atoms with van der Waals surface area (Å²) < 4.78 is 43.4. The molecule has 3 aromatic rings. The van der Waals surface area contributed by atoms with E-state index >= 15 is 0 Å². The Labute approximate surface area is 193 Å². The zero-order chi connectivity index (χ0) is 23.2. The summed E-state index contributed by atoms with van der Waals surface area (Å²) in [4.78, 5) is 11.0. The van der Waals surface area contributed by atoms with Crippen LogP contribution >= 0.6 is 0 Å². The van der Waals surface area contributed by atoms with Crippen LogP contribution in [0.5, 0.6) is 5.75 Å². The minimum atomic E-state index is -3.58. The number of hydrogen-bond donors (Lipinski definition) is 0. The molecule has 1 aliphatic carbocycles. The predicted molar refractivity (Wildman–Crippen MR) is 125 cm³/mol. The number of anilines is 1. The van der Waals surface area contributed by atoms with Crippen LogP contribution in [0, 0.1) is 23.6 Å². The molecule has 1 aromatic heterocycles. The monoisotopic (exact) mass is 467 g/mol. The lowest BCUT2D eigenvalue weighted by molar-refractivity contribution is 0.283. The van der Waals surface area contributed by atoms with Crippen molar-refractivity contribution in [1.82, 2.24) is 9.97 Å². The Hall–Kier alpha value is -3.00. The molecule has 2 aliphatic rings. The lowest BCUT2D eigenvalue weighted by atomic mass is 10.1. The summed E-state index contributed by atoms with van der Waals surface area (Å²) in [6.45, 7) is 4.71. The molecular formula is C25H26FN3O3S. The van der Waals surface area contributed by atoms with Crippen molar-refractivity contribution in [2.45, 2.75) is 18.2 Å². The van der Waals surface area contributed by atoms with Crippen LogP contribution in [-0.2, 0) is 16.3 Å². The van der Waals surface area contributed by atoms with Gasteiger partial charge >= 0.3 is 0 Å². The third-order valence-electron chi connectivity index (χ3n) is 6.72. The Morgan fingerprint density at radius 3 is 2.24 bits per heavy atom. The first-order valence-corrected chi connectivity index (χ1v) is 13.0. The van der Waals surface area contributed by atoms with E-state index < -0.39 is 15.7 Å². The van der Waals surface area contributed by atoms with E-state index in [2.05, 4.69) is 21.8 Å². The number of rotatable bonds is 7. The van der Waals surface area contributed by atoms with Crippen LogP contribution in [0.15, 0.2) is 59.8 Å². The van der Waals surface area contributed by atoms with E-state index in [4.69, 9.17) is 4.74 Å². The first kappa shape index (κ1) is 21.8. The normalized spacial score (nSPS) is 21.7. The number of piperidine rings is 1. The number of hydrogen-bond acceptors (Lipinski definition) is 6. The Kier molecular flexibility index (Phi) is 5.56. The first-order valence-electron chi connectivity index (χ1n) is 11.1. The summed E-state index contributed by atoms with van der Waals surface area (Å²) in [5, 5.41) is 0. The van der Waals surface area contributed by atoms with Crippen molar-refractivity contribution in [3.05, 3.63) is 66.2 Å². The molecule has 172 valence electrons. The van der Waals surface area contributed by atoms with Gasteiger partial charge in [-0.25, -0.2) is 22.8 Å². The summed E-state index contributed by atoms with van der Waals surface area (Å²) in [5.74, 6) is 2.64. The van der Waals surface area contributed by atoms with Crippen LogP contribution < -0.4 is 9.64 Å². The largest absolute Gasteiger partial charge is 0.493 e. The van der Waals surface area contributed by atoms with Crippen molar-refractivity contribution in [3.63, 3.8) is 0 Å². The van der Waals surface area contributed by atoms with E-state index in [1.54, 1.807) is 6.07 Å². The molecule has 5 rings (SSSR count). The SMILES string of the molecule is CCc1cnc(N2C[C@@H]3C(COc4ccc(-c5ccc(S(C)(=O)=O)c(F)c5)cc4)[C@@H]3C2)nc1. The third kappa shape index (κ3) is 4.44. The average molecular weight is 468 g/mol. The van der Waals surface area contributed by atoms with Gasteiger partial charge in [0.05, 0.1) is 6.61 Å². The molecule has 2 fully saturated rings. The minimum absolute atomic E-state index is 0.288. The molecule has 1 aliphatic heterocycles. The summed E-state index contributed by atoms with van der Waals surface area (Å²) in [7, 11) is -3.58. The maximum absolute atomic E-state index is 14.2. The number of aryl methyl sites for hydroxylation is 1. The van der Waals surface area contributed by atoms with Crippen molar-refractivity contribution >= 4 is 15.8 Å². The van der Waals surface area contributed by atoms with Crippen molar-refractivity contribution < 1.29 is 17.5 Å². The van der Waals surface area contributed by atoms with E-state index in [0.29, 0.717) is 29.9 Å². The van der Waals surface area contributed by atoms with Crippen molar-refractivity contribution in [1.29, 1.82) is 0 Å². The number of benzene rings is 2. The quantitative estimate of drug-likeness (QED) is 0.523. The summed E-state index contributed by atoms with van der Waals surface area (Å²) >= 11 is 0. The molecule has 0 amide bonds. The Balaban J connectivity index is 1.15. The predicted octanol–water partition coefficient (Wildman–Crippen LogP) is 4.01. The van der Waals surface area contributed by atoms with Crippen molar-refractivity contribution in [2.75, 3.05) is 30.9 Å². The van der Waals surface area contributed by atoms with Gasteiger partial charge in [0.15, 0.2) is 9.84 Å². The van der Waals surface area contributed by atoms with Crippen LogP contribution in [0.2, 0.25) is 0 Å². The zero-order valence-corrected chi connectivity index (χ0v) is 19.4. The van der Waals surface area contributed by atoms with E-state index in [-0.39, 0.29) is 4.90 Å². The van der Waals surface area contributed by atoms with Crippen LogP contribution in [0.1, 0.15) is 12.5 Å². The van der Waals surface area contributed by atoms with Crippen LogP contribution in [0.4, 0.5) is 10.3 Å². The highest BCUT2D eigenvalue weighted by molar-refractivity contribution is 7.90. The van der Waals surface area contributed by atoms with Crippen LogP contribution in [0.3, 0.4) is 0 Å². The van der Waals surface area contributed by atoms with Gasteiger partial charge in [0.1, 0.15) is 16.5 Å². The fraction of sp³-hybridized carbons (Fsp3) is 0.360. The lowest BCUT2D eigenvalue weighted by Crippen LogP contribution is -2.27. The number of fused-ring (bicyclic) bond motifs is 1. The van der Waals surface area contributed by atoms with Crippen LogP contribution in [0.25, 0.3) is 11.1 Å². The Morgan fingerprint density at radius 2 is 1.67 bits per heavy atom. The fourth-order valence-corrected chi connectivity index (χ4v) is 5.40. The highest BCUT2D eigenvalue weighted by Gasteiger charge is 2.56. The van der Waals surface area contributed by atoms with Gasteiger partial charge in [-0.05, 0) is 59.2 Å². The molecule has 0 bridgehead atoms. The molecule has 1 saturated carbocycles. The second kappa shape index (κ2) is 8.41. The van der Waals surface area contributed by atoms with Gasteiger partial charge < -0.3 is 9.64 Å². The van der Waals surface area contributed by atoms with Gasteiger partial charge in [-0.15, -0.1) is 0 Å². The van der Waals surface area contributed by atoms with Gasteiger partial charge in [0.25, 0.3) is 0 Å². The number of nitrogens with zero attached hydrogens (tertiary/aromatic N) is 3. The smallest absolute Gasteiger partial charge is 0.225 e. The van der Waals surface area contributed by atoms with E-state index in [1.165, 1.54) is 12.1 Å². The topological polar surface area (TPSA) is 72.4 Å². The van der Waals surface area contributed by atoms with Gasteiger partial charge in [0, 0.05) is 37.7 Å². The number of sulfone groups is 1. The van der Waals surface area contributed by atoms with Gasteiger partial charge in [-0.2, -0.15) is 0 Å². The summed E-state index contributed by atoms with van der Waals surface area (Å²) in [6.07, 6.45) is 5.76. The molecule has 33 heavy (non-hydrogen) atoms. The molecule has 2 aromatic carbocycles. The Bertz CT molecular complexity index is 1250. The average Bonchev–Trinajstić information content (AvgIpc) is 3.25. The van der Waals surface area contributed by atoms with Gasteiger partial charge in [-0.3, -0.25) is 0 Å². The highest BCUT2D eigenvalue weighted by Crippen LogP contribution is 2.52.